The first-order valence-corrected chi connectivity index (χ1v) is 8.14. The molecule has 0 aliphatic carbocycles. The zero-order valence-electron chi connectivity index (χ0n) is 11.5. The molecule has 4 heteroatoms. The molecule has 0 bridgehead atoms. The van der Waals surface area contributed by atoms with Crippen molar-refractivity contribution in [3.8, 4) is 0 Å². The van der Waals surface area contributed by atoms with Crippen LogP contribution in [0.15, 0.2) is 35.7 Å². The Hall–Kier alpha value is -0.900. The molecule has 0 radical (unpaired) electrons. The summed E-state index contributed by atoms with van der Waals surface area (Å²) in [6.45, 7) is 3.09. The molecule has 0 amide bonds. The number of benzene rings is 1. The highest BCUT2D eigenvalue weighted by Gasteiger charge is 2.13. The number of nitrogens with one attached hydrogen (secondary N) is 1. The molecule has 2 aromatic rings. The van der Waals surface area contributed by atoms with E-state index in [1.807, 2.05) is 0 Å². The lowest BCUT2D eigenvalue weighted by molar-refractivity contribution is 0.494. The van der Waals surface area contributed by atoms with Crippen LogP contribution in [0.3, 0.4) is 0 Å². The molecular weight excluding hydrogens is 293 g/mol. The molecule has 2 rings (SSSR count). The van der Waals surface area contributed by atoms with E-state index in [0.29, 0.717) is 11.4 Å². The molecule has 1 aromatic heterocycles. The second-order valence-corrected chi connectivity index (χ2v) is 6.34. The van der Waals surface area contributed by atoms with Gasteiger partial charge in [-0.1, -0.05) is 30.7 Å². The summed E-state index contributed by atoms with van der Waals surface area (Å²) < 4.78 is 13.9. The zero-order valence-corrected chi connectivity index (χ0v) is 13.1. The van der Waals surface area contributed by atoms with Crippen LogP contribution in [0.5, 0.6) is 0 Å². The van der Waals surface area contributed by atoms with Crippen LogP contribution in [-0.4, -0.2) is 12.6 Å². The molecule has 20 heavy (non-hydrogen) atoms. The van der Waals surface area contributed by atoms with Gasteiger partial charge in [-0.25, -0.2) is 4.39 Å². The summed E-state index contributed by atoms with van der Waals surface area (Å²) in [7, 11) is 0. The topological polar surface area (TPSA) is 12.0 Å². The first kappa shape index (κ1) is 15.5. The van der Waals surface area contributed by atoms with Gasteiger partial charge in [0.15, 0.2) is 0 Å². The summed E-state index contributed by atoms with van der Waals surface area (Å²) in [5.41, 5.74) is 0.722. The molecule has 0 aliphatic rings. The van der Waals surface area contributed by atoms with Crippen molar-refractivity contribution in [2.45, 2.75) is 32.2 Å². The molecule has 0 saturated heterocycles. The van der Waals surface area contributed by atoms with Crippen LogP contribution in [0.1, 0.15) is 23.8 Å². The van der Waals surface area contributed by atoms with Gasteiger partial charge in [-0.2, -0.15) is 0 Å². The van der Waals surface area contributed by atoms with Gasteiger partial charge >= 0.3 is 0 Å². The smallest absolute Gasteiger partial charge is 0.127 e. The number of rotatable bonds is 7. The maximum Gasteiger partial charge on any atom is 0.127 e. The Morgan fingerprint density at radius 2 is 2.15 bits per heavy atom. The summed E-state index contributed by atoms with van der Waals surface area (Å²) >= 11 is 7.55. The maximum absolute atomic E-state index is 13.9. The van der Waals surface area contributed by atoms with E-state index in [2.05, 4.69) is 29.8 Å². The Balaban J connectivity index is 2.06. The van der Waals surface area contributed by atoms with Crippen molar-refractivity contribution in [1.29, 1.82) is 0 Å². The van der Waals surface area contributed by atoms with Crippen molar-refractivity contribution in [1.82, 2.24) is 5.32 Å². The molecule has 0 spiro atoms. The molecule has 0 aliphatic heterocycles. The van der Waals surface area contributed by atoms with Gasteiger partial charge in [0.25, 0.3) is 0 Å². The van der Waals surface area contributed by atoms with Crippen molar-refractivity contribution in [2.75, 3.05) is 6.54 Å². The average Bonchev–Trinajstić information content (AvgIpc) is 2.92. The summed E-state index contributed by atoms with van der Waals surface area (Å²) in [5, 5.41) is 6.03. The van der Waals surface area contributed by atoms with Crippen LogP contribution in [0.4, 0.5) is 4.39 Å². The predicted octanol–water partition coefficient (Wildman–Crippen LogP) is 4.69. The van der Waals surface area contributed by atoms with E-state index in [4.69, 9.17) is 11.6 Å². The molecule has 1 unspecified atom stereocenters. The van der Waals surface area contributed by atoms with Crippen LogP contribution >= 0.6 is 22.9 Å². The third kappa shape index (κ3) is 4.58. The number of hydrogen-bond donors (Lipinski definition) is 1. The number of hydrogen-bond acceptors (Lipinski definition) is 2. The van der Waals surface area contributed by atoms with E-state index in [0.717, 1.165) is 24.9 Å². The minimum absolute atomic E-state index is 0.216. The first-order valence-electron chi connectivity index (χ1n) is 6.88. The minimum atomic E-state index is -0.216. The van der Waals surface area contributed by atoms with Crippen LogP contribution < -0.4 is 5.32 Å². The zero-order chi connectivity index (χ0) is 14.4. The molecule has 1 N–H and O–H groups in total. The fourth-order valence-corrected chi connectivity index (χ4v) is 3.13. The second kappa shape index (κ2) is 7.77. The van der Waals surface area contributed by atoms with Crippen molar-refractivity contribution in [2.24, 2.45) is 0 Å². The highest BCUT2D eigenvalue weighted by molar-refractivity contribution is 7.09. The summed E-state index contributed by atoms with van der Waals surface area (Å²) in [6.07, 6.45) is 2.69. The fourth-order valence-electron chi connectivity index (χ4n) is 2.19. The van der Waals surface area contributed by atoms with Crippen LogP contribution in [0, 0.1) is 5.82 Å². The second-order valence-electron chi connectivity index (χ2n) is 4.87. The Bertz CT molecular complexity index is 527. The first-order chi connectivity index (χ1) is 9.69. The quantitative estimate of drug-likeness (QED) is 0.782. The van der Waals surface area contributed by atoms with Crippen LogP contribution in [0.25, 0.3) is 0 Å². The van der Waals surface area contributed by atoms with Crippen molar-refractivity contribution in [3.63, 3.8) is 0 Å². The molecule has 0 saturated carbocycles. The highest BCUT2D eigenvalue weighted by Crippen LogP contribution is 2.18. The summed E-state index contributed by atoms with van der Waals surface area (Å²) in [6, 6.07) is 9.36. The molecule has 108 valence electrons. The predicted molar refractivity (Wildman–Crippen MR) is 85.2 cm³/mol. The molecule has 1 heterocycles. The maximum atomic E-state index is 13.9. The van der Waals surface area contributed by atoms with Crippen molar-refractivity contribution >= 4 is 22.9 Å². The fraction of sp³-hybridized carbons (Fsp3) is 0.375. The highest BCUT2D eigenvalue weighted by atomic mass is 35.5. The van der Waals surface area contributed by atoms with E-state index >= 15 is 0 Å². The Morgan fingerprint density at radius 1 is 1.30 bits per heavy atom. The third-order valence-corrected chi connectivity index (χ3v) is 4.33. The van der Waals surface area contributed by atoms with E-state index in [1.165, 1.54) is 10.9 Å². The standard InChI is InChI=1S/C16H19ClFNS/c1-2-7-19-14(11-15-4-3-8-20-15)9-12-5-6-13(17)10-16(12)18/h3-6,8,10,14,19H,2,7,9,11H2,1H3. The lowest BCUT2D eigenvalue weighted by Gasteiger charge is -2.18. The normalized spacial score (nSPS) is 12.6. The van der Waals surface area contributed by atoms with Gasteiger partial charge in [0.1, 0.15) is 5.82 Å². The third-order valence-electron chi connectivity index (χ3n) is 3.19. The molecule has 1 nitrogen and oxygen atoms in total. The van der Waals surface area contributed by atoms with Gasteiger partial charge in [0.05, 0.1) is 0 Å². The van der Waals surface area contributed by atoms with Gasteiger partial charge in [0.2, 0.25) is 0 Å². The van der Waals surface area contributed by atoms with Crippen molar-refractivity contribution < 1.29 is 4.39 Å². The van der Waals surface area contributed by atoms with E-state index in [9.17, 15) is 4.39 Å². The largest absolute Gasteiger partial charge is 0.313 e. The Morgan fingerprint density at radius 3 is 2.80 bits per heavy atom. The molecular formula is C16H19ClFNS. The molecule has 0 fully saturated rings. The van der Waals surface area contributed by atoms with Gasteiger partial charge in [0, 0.05) is 15.9 Å². The van der Waals surface area contributed by atoms with Gasteiger partial charge in [-0.15, -0.1) is 11.3 Å². The Labute approximate surface area is 128 Å². The number of thiophene rings is 1. The summed E-state index contributed by atoms with van der Waals surface area (Å²) in [5.74, 6) is -0.216. The average molecular weight is 312 g/mol. The molecule has 1 atom stereocenters. The van der Waals surface area contributed by atoms with E-state index in [1.54, 1.807) is 23.5 Å². The minimum Gasteiger partial charge on any atom is -0.313 e. The SMILES string of the molecule is CCCNC(Cc1cccs1)Cc1ccc(Cl)cc1F. The molecule has 1 aromatic carbocycles. The number of halogens is 2. The van der Waals surface area contributed by atoms with E-state index < -0.39 is 0 Å². The van der Waals surface area contributed by atoms with Crippen LogP contribution in [0.2, 0.25) is 5.02 Å². The van der Waals surface area contributed by atoms with Gasteiger partial charge < -0.3 is 5.32 Å². The lowest BCUT2D eigenvalue weighted by Crippen LogP contribution is -2.33. The monoisotopic (exact) mass is 311 g/mol. The van der Waals surface area contributed by atoms with Gasteiger partial charge in [-0.3, -0.25) is 0 Å². The van der Waals surface area contributed by atoms with Crippen molar-refractivity contribution in [3.05, 3.63) is 57.0 Å². The van der Waals surface area contributed by atoms with Crippen LogP contribution in [-0.2, 0) is 12.8 Å². The van der Waals surface area contributed by atoms with E-state index in [-0.39, 0.29) is 11.9 Å². The lowest BCUT2D eigenvalue weighted by atomic mass is 10.0. The van der Waals surface area contributed by atoms with Gasteiger partial charge in [-0.05, 0) is 54.9 Å². The summed E-state index contributed by atoms with van der Waals surface area (Å²) in [4.78, 5) is 1.33. The Kier molecular flexibility index (Phi) is 6.02.